The van der Waals surface area contributed by atoms with Crippen molar-refractivity contribution in [2.24, 2.45) is 21.8 Å². The number of ketones is 1. The number of carboxylic acids is 2. The molecule has 1 aromatic carbocycles. The van der Waals surface area contributed by atoms with Crippen molar-refractivity contribution in [3.63, 3.8) is 0 Å². The Balaban J connectivity index is 1.03. The van der Waals surface area contributed by atoms with Crippen LogP contribution in [-0.4, -0.2) is 82.7 Å². The number of aliphatic carboxylic acids is 2. The first kappa shape index (κ1) is 38.6. The molecule has 1 saturated carbocycles. The van der Waals surface area contributed by atoms with Crippen molar-refractivity contribution in [3.05, 3.63) is 82.4 Å². The lowest BCUT2D eigenvalue weighted by molar-refractivity contribution is -0.687. The van der Waals surface area contributed by atoms with Gasteiger partial charge in [-0.2, -0.15) is 5.10 Å². The molecule has 7 rings (SSSR count). The number of thiazole rings is 1. The third-order valence-corrected chi connectivity index (χ3v) is 12.2. The number of amidine groups is 1. The molecule has 3 aromatic heterocycles. The molecule has 18 heteroatoms. The van der Waals surface area contributed by atoms with E-state index in [0.717, 1.165) is 46.2 Å². The standard InChI is InChI=1S/C38H41N9O7S2/c1-38(2,36(52)53)54-44-30(27-20-56-37(40)43-27)29(48)14-26-33(49)47-31(35(50)51)24(19-55-34(26)47)18-45-13-12-28-23(17-45)15-41-46(28)16-21-8-10-22(11-9-21)32(39)42-25-6-4-3-5-7-25/h8-13,15,17,20,25-26,34H,3-7,14,16,18-19H2,1-2H3,(H5-,39,40,42,43,50,51,52,53)/b44-30-/t26-,34-/m1/s1. The first-order chi connectivity index (χ1) is 26.8. The number of thioether (sulfide) groups is 1. The smallest absolute Gasteiger partial charge is 0.350 e. The molecule has 2 atom stereocenters. The quantitative estimate of drug-likeness (QED) is 0.0548. The number of benzene rings is 1. The van der Waals surface area contributed by atoms with Gasteiger partial charge >= 0.3 is 5.97 Å². The van der Waals surface area contributed by atoms with Crippen LogP contribution in [0.4, 0.5) is 5.13 Å². The number of anilines is 1. The third-order valence-electron chi connectivity index (χ3n) is 10.2. The lowest BCUT2D eigenvalue weighted by Gasteiger charge is -2.50. The van der Waals surface area contributed by atoms with Crippen molar-refractivity contribution in [2.45, 2.75) is 82.5 Å². The highest BCUT2D eigenvalue weighted by Gasteiger charge is 2.53. The van der Waals surface area contributed by atoms with Crippen LogP contribution in [0.3, 0.4) is 0 Å². The number of carboxylic acid groups (broad SMARTS) is 2. The molecule has 292 valence electrons. The summed E-state index contributed by atoms with van der Waals surface area (Å²) >= 11 is 2.39. The number of nitrogens with two attached hydrogens (primary N) is 2. The van der Waals surface area contributed by atoms with Gasteiger partial charge in [0.15, 0.2) is 35.6 Å². The first-order valence-electron chi connectivity index (χ1n) is 18.2. The second kappa shape index (κ2) is 15.9. The number of amides is 1. The number of oxime groups is 1. The number of nitrogen functional groups attached to an aromatic ring is 1. The maximum absolute atomic E-state index is 13.5. The lowest BCUT2D eigenvalue weighted by atomic mass is 9.89. The minimum absolute atomic E-state index is 0.0747. The summed E-state index contributed by atoms with van der Waals surface area (Å²) in [6.07, 6.45) is 11.0. The summed E-state index contributed by atoms with van der Waals surface area (Å²) < 4.78 is 3.73. The molecule has 2 aliphatic heterocycles. The number of carbonyl (C=O) groups excluding carboxylic acids is 3. The minimum Gasteiger partial charge on any atom is -0.543 e. The summed E-state index contributed by atoms with van der Waals surface area (Å²) in [6, 6.07) is 10.2. The molecule has 56 heavy (non-hydrogen) atoms. The van der Waals surface area contributed by atoms with Crippen LogP contribution in [0.25, 0.3) is 10.9 Å². The number of Topliss-reactive ketones (excluding diaryl/α,β-unsaturated/α-hetero) is 1. The molecular weight excluding hydrogens is 759 g/mol. The molecular formula is C38H41N9O7S2. The summed E-state index contributed by atoms with van der Waals surface area (Å²) in [6.45, 7) is 3.25. The van der Waals surface area contributed by atoms with Gasteiger partial charge in [0.2, 0.25) is 11.5 Å². The van der Waals surface area contributed by atoms with Crippen LogP contribution in [0, 0.1) is 5.92 Å². The zero-order valence-corrected chi connectivity index (χ0v) is 32.4. The number of aliphatic imine (C=N–C) groups is 1. The van der Waals surface area contributed by atoms with E-state index in [1.807, 2.05) is 52.0 Å². The number of aromatic nitrogens is 4. The fraction of sp³-hybridized carbons (Fsp3) is 0.395. The van der Waals surface area contributed by atoms with Crippen LogP contribution in [0.2, 0.25) is 0 Å². The Hall–Kier alpha value is -5.62. The molecule has 1 aliphatic carbocycles. The summed E-state index contributed by atoms with van der Waals surface area (Å²) in [4.78, 5) is 66.3. The second-order valence-corrected chi connectivity index (χ2v) is 16.6. The fourth-order valence-electron chi connectivity index (χ4n) is 7.02. The Morgan fingerprint density at radius 1 is 1.14 bits per heavy atom. The molecule has 3 aliphatic rings. The van der Waals surface area contributed by atoms with Crippen LogP contribution < -0.4 is 21.1 Å². The number of carbonyl (C=O) groups is 4. The maximum Gasteiger partial charge on any atom is 0.350 e. The van der Waals surface area contributed by atoms with Crippen molar-refractivity contribution in [2.75, 3.05) is 11.5 Å². The van der Waals surface area contributed by atoms with E-state index >= 15 is 0 Å². The van der Waals surface area contributed by atoms with Gasteiger partial charge in [-0.3, -0.25) is 24.2 Å². The second-order valence-electron chi connectivity index (χ2n) is 14.6. The number of nitrogens with zero attached hydrogens (tertiary/aromatic N) is 7. The largest absolute Gasteiger partial charge is 0.543 e. The number of hydrogen-bond acceptors (Lipinski definition) is 13. The van der Waals surface area contributed by atoms with Gasteiger partial charge in [-0.1, -0.05) is 48.7 Å². The predicted octanol–water partition coefficient (Wildman–Crippen LogP) is 2.23. The Kier molecular flexibility index (Phi) is 10.9. The molecule has 0 spiro atoms. The van der Waals surface area contributed by atoms with E-state index in [0.29, 0.717) is 24.0 Å². The molecule has 5 heterocycles. The summed E-state index contributed by atoms with van der Waals surface area (Å²) in [5.74, 6) is -4.00. The monoisotopic (exact) mass is 799 g/mol. The summed E-state index contributed by atoms with van der Waals surface area (Å²) in [5, 5.41) is 32.2. The molecule has 5 N–H and O–H groups in total. The van der Waals surface area contributed by atoms with Gasteiger partial charge in [0.1, 0.15) is 11.5 Å². The molecule has 0 unspecified atom stereocenters. The number of pyridine rings is 1. The molecule has 1 saturated heterocycles. The van der Waals surface area contributed by atoms with Gasteiger partial charge in [0.25, 0.3) is 0 Å². The number of rotatable bonds is 14. The normalized spacial score (nSPS) is 19.5. The van der Waals surface area contributed by atoms with Gasteiger partial charge < -0.3 is 31.3 Å². The lowest BCUT2D eigenvalue weighted by Crippen LogP contribution is -2.63. The molecule has 4 aromatic rings. The molecule has 0 radical (unpaired) electrons. The van der Waals surface area contributed by atoms with Crippen molar-refractivity contribution in [1.29, 1.82) is 0 Å². The van der Waals surface area contributed by atoms with Gasteiger partial charge in [-0.05, 0) is 32.3 Å². The van der Waals surface area contributed by atoms with E-state index in [4.69, 9.17) is 21.3 Å². The Bertz CT molecular complexity index is 2290. The van der Waals surface area contributed by atoms with Crippen LogP contribution in [-0.2, 0) is 37.1 Å². The van der Waals surface area contributed by atoms with Crippen molar-refractivity contribution < 1.29 is 38.8 Å². The van der Waals surface area contributed by atoms with E-state index in [1.165, 1.54) is 55.2 Å². The Morgan fingerprint density at radius 2 is 1.89 bits per heavy atom. The van der Waals surface area contributed by atoms with Gasteiger partial charge in [-0.15, -0.1) is 23.1 Å². The average molecular weight is 800 g/mol. The number of hydrogen-bond donors (Lipinski definition) is 3. The van der Waals surface area contributed by atoms with Crippen LogP contribution in [0.1, 0.15) is 69.2 Å². The fourth-order valence-corrected chi connectivity index (χ4v) is 8.97. The number of fused-ring (bicyclic) bond motifs is 2. The highest BCUT2D eigenvalue weighted by molar-refractivity contribution is 8.00. The minimum atomic E-state index is -1.75. The first-order valence-corrected chi connectivity index (χ1v) is 20.1. The zero-order chi connectivity index (χ0) is 39.7. The van der Waals surface area contributed by atoms with E-state index in [2.05, 4.69) is 15.2 Å². The van der Waals surface area contributed by atoms with Crippen LogP contribution >= 0.6 is 23.1 Å². The van der Waals surface area contributed by atoms with Crippen molar-refractivity contribution in [3.8, 4) is 0 Å². The van der Waals surface area contributed by atoms with Crippen molar-refractivity contribution in [1.82, 2.24) is 19.7 Å². The molecule has 1 amide bonds. The van der Waals surface area contributed by atoms with Gasteiger partial charge in [0, 0.05) is 34.8 Å². The van der Waals surface area contributed by atoms with E-state index < -0.39 is 40.5 Å². The highest BCUT2D eigenvalue weighted by Crippen LogP contribution is 2.45. The van der Waals surface area contributed by atoms with Crippen LogP contribution in [0.5, 0.6) is 0 Å². The van der Waals surface area contributed by atoms with Crippen LogP contribution in [0.15, 0.2) is 75.7 Å². The number of β-lactam (4-membered cyclic amide) rings is 1. The molecule has 16 nitrogen and oxygen atoms in total. The van der Waals surface area contributed by atoms with Crippen molar-refractivity contribution >= 4 is 74.3 Å². The SMILES string of the molecule is CC(C)(O/N=C(\C(=O)C[C@@H]1C(=O)N2C(C(=O)[O-])=C(C[n+]3ccc4c(cnn4Cc4ccc(C(N)=NC5CCCCC5)cc4)c3)CS[C@H]12)c1csc(N)n1)C(=O)O. The summed E-state index contributed by atoms with van der Waals surface area (Å²) in [5.41, 5.74) is 13.2. The molecule has 2 fully saturated rings. The van der Waals surface area contributed by atoms with E-state index in [9.17, 15) is 29.4 Å². The highest BCUT2D eigenvalue weighted by atomic mass is 32.2. The van der Waals surface area contributed by atoms with Gasteiger partial charge in [0.05, 0.1) is 52.6 Å². The van der Waals surface area contributed by atoms with E-state index in [1.54, 1.807) is 6.20 Å². The Morgan fingerprint density at radius 3 is 2.57 bits per heavy atom. The topological polar surface area (TPSA) is 235 Å². The Labute approximate surface area is 329 Å². The predicted molar refractivity (Wildman–Crippen MR) is 207 cm³/mol. The summed E-state index contributed by atoms with van der Waals surface area (Å²) in [7, 11) is 0. The maximum atomic E-state index is 13.5. The van der Waals surface area contributed by atoms with Gasteiger partial charge in [-0.25, -0.2) is 14.3 Å². The zero-order valence-electron chi connectivity index (χ0n) is 30.8. The van der Waals surface area contributed by atoms with E-state index in [-0.39, 0.29) is 41.0 Å². The third kappa shape index (κ3) is 8.02. The molecule has 0 bridgehead atoms. The average Bonchev–Trinajstić information content (AvgIpc) is 3.79.